The summed E-state index contributed by atoms with van der Waals surface area (Å²) in [5.41, 5.74) is 0.738. The molecule has 0 atom stereocenters. The van der Waals surface area contributed by atoms with Gasteiger partial charge in [-0.2, -0.15) is 23.0 Å². The van der Waals surface area contributed by atoms with Gasteiger partial charge in [0.2, 0.25) is 0 Å². The third-order valence-electron chi connectivity index (χ3n) is 3.52. The minimum atomic E-state index is -4.47. The van der Waals surface area contributed by atoms with Crippen molar-refractivity contribution in [2.75, 3.05) is 12.4 Å². The number of aromatic nitrogens is 6. The second kappa shape index (κ2) is 6.42. The predicted octanol–water partition coefficient (Wildman–Crippen LogP) is 2.04. The fourth-order valence-corrected chi connectivity index (χ4v) is 2.25. The van der Waals surface area contributed by atoms with E-state index in [1.54, 1.807) is 18.2 Å². The van der Waals surface area contributed by atoms with E-state index in [0.717, 1.165) is 6.07 Å². The molecule has 0 radical (unpaired) electrons. The minimum Gasteiger partial charge on any atom is -0.494 e. The van der Waals surface area contributed by atoms with Crippen molar-refractivity contribution in [1.29, 1.82) is 0 Å². The van der Waals surface area contributed by atoms with Crippen LogP contribution in [0.5, 0.6) is 5.75 Å². The number of hydrogen-bond donors (Lipinski definition) is 1. The van der Waals surface area contributed by atoms with Crippen LogP contribution in [0.3, 0.4) is 0 Å². The molecule has 0 bridgehead atoms. The van der Waals surface area contributed by atoms with Crippen LogP contribution < -0.4 is 10.1 Å². The number of tetrazole rings is 1. The van der Waals surface area contributed by atoms with Crippen molar-refractivity contribution in [1.82, 2.24) is 30.0 Å². The number of nitrogens with one attached hydrogen (secondary N) is 1. The molecule has 0 aliphatic carbocycles. The van der Waals surface area contributed by atoms with Crippen LogP contribution in [0.15, 0.2) is 30.6 Å². The normalized spacial score (nSPS) is 11.6. The summed E-state index contributed by atoms with van der Waals surface area (Å²) in [6, 6.07) is 6.20. The van der Waals surface area contributed by atoms with Crippen molar-refractivity contribution in [2.45, 2.75) is 12.7 Å². The van der Waals surface area contributed by atoms with Gasteiger partial charge in [0, 0.05) is 12.7 Å². The lowest BCUT2D eigenvalue weighted by Gasteiger charge is -2.11. The van der Waals surface area contributed by atoms with Gasteiger partial charge in [-0.25, -0.2) is 0 Å². The SMILES string of the molecule is COc1ccc(NCc2cc(C(F)(F)F)nn2C)cc1-n1cnnn1. The molecule has 0 saturated heterocycles. The molecule has 0 aliphatic heterocycles. The van der Waals surface area contributed by atoms with E-state index in [-0.39, 0.29) is 6.54 Å². The molecule has 3 aromatic rings. The maximum absolute atomic E-state index is 12.7. The predicted molar refractivity (Wildman–Crippen MR) is 81.2 cm³/mol. The first kappa shape index (κ1) is 16.7. The van der Waals surface area contributed by atoms with E-state index >= 15 is 0 Å². The fraction of sp³-hybridized carbons (Fsp3) is 0.286. The average Bonchev–Trinajstić information content (AvgIpc) is 3.22. The van der Waals surface area contributed by atoms with E-state index in [9.17, 15) is 13.2 Å². The van der Waals surface area contributed by atoms with E-state index in [2.05, 4.69) is 25.9 Å². The van der Waals surface area contributed by atoms with Gasteiger partial charge >= 0.3 is 6.18 Å². The van der Waals surface area contributed by atoms with Gasteiger partial charge in [0.05, 0.1) is 19.3 Å². The molecule has 0 aliphatic rings. The molecule has 25 heavy (non-hydrogen) atoms. The van der Waals surface area contributed by atoms with Crippen LogP contribution in [0.1, 0.15) is 11.4 Å². The van der Waals surface area contributed by atoms with Crippen LogP contribution in [0.25, 0.3) is 5.69 Å². The van der Waals surface area contributed by atoms with Gasteiger partial charge in [-0.1, -0.05) is 0 Å². The Kier molecular flexibility index (Phi) is 4.30. The maximum Gasteiger partial charge on any atom is 0.435 e. The first-order valence-corrected chi connectivity index (χ1v) is 7.14. The molecule has 0 fully saturated rings. The summed E-state index contributed by atoms with van der Waals surface area (Å²) in [6.07, 6.45) is -3.05. The summed E-state index contributed by atoms with van der Waals surface area (Å²) < 4.78 is 46.0. The Bertz CT molecular complexity index is 858. The van der Waals surface area contributed by atoms with Gasteiger partial charge in [-0.3, -0.25) is 4.68 Å². The molecular weight excluding hydrogens is 339 g/mol. The molecule has 0 amide bonds. The van der Waals surface area contributed by atoms with Gasteiger partial charge in [-0.05, 0) is 34.7 Å². The van der Waals surface area contributed by atoms with E-state index < -0.39 is 11.9 Å². The summed E-state index contributed by atoms with van der Waals surface area (Å²) in [7, 11) is 2.98. The number of nitrogens with zero attached hydrogens (tertiary/aromatic N) is 6. The third kappa shape index (κ3) is 3.54. The number of halogens is 3. The number of anilines is 1. The number of methoxy groups -OCH3 is 1. The Balaban J connectivity index is 1.80. The number of aryl methyl sites for hydroxylation is 1. The molecule has 11 heteroatoms. The Hall–Kier alpha value is -3.11. The lowest BCUT2D eigenvalue weighted by molar-refractivity contribution is -0.141. The Morgan fingerprint density at radius 2 is 2.04 bits per heavy atom. The lowest BCUT2D eigenvalue weighted by atomic mass is 10.2. The molecular formula is C14H14F3N7O. The zero-order chi connectivity index (χ0) is 18.0. The molecule has 2 aromatic heterocycles. The molecule has 0 saturated carbocycles. The van der Waals surface area contributed by atoms with Crippen molar-refractivity contribution in [3.05, 3.63) is 42.0 Å². The van der Waals surface area contributed by atoms with Crippen molar-refractivity contribution in [2.24, 2.45) is 7.05 Å². The number of rotatable bonds is 5. The molecule has 2 heterocycles. The van der Waals surface area contributed by atoms with Crippen LogP contribution in [-0.2, 0) is 19.8 Å². The van der Waals surface area contributed by atoms with Crippen molar-refractivity contribution in [3.8, 4) is 11.4 Å². The lowest BCUT2D eigenvalue weighted by Crippen LogP contribution is -2.07. The Labute approximate surface area is 140 Å². The van der Waals surface area contributed by atoms with Crippen molar-refractivity contribution >= 4 is 5.69 Å². The molecule has 132 valence electrons. The second-order valence-electron chi connectivity index (χ2n) is 5.14. The van der Waals surface area contributed by atoms with E-state index in [4.69, 9.17) is 4.74 Å². The van der Waals surface area contributed by atoms with Gasteiger partial charge in [0.25, 0.3) is 0 Å². The fourth-order valence-electron chi connectivity index (χ4n) is 2.25. The molecule has 0 spiro atoms. The summed E-state index contributed by atoms with van der Waals surface area (Å²) in [6.45, 7) is 0.168. The van der Waals surface area contributed by atoms with Gasteiger partial charge in [-0.15, -0.1) is 5.10 Å². The number of hydrogen-bond acceptors (Lipinski definition) is 6. The van der Waals surface area contributed by atoms with E-state index in [1.165, 1.54) is 29.8 Å². The summed E-state index contributed by atoms with van der Waals surface area (Å²) >= 11 is 0. The van der Waals surface area contributed by atoms with Gasteiger partial charge in [0.15, 0.2) is 5.69 Å². The van der Waals surface area contributed by atoms with E-state index in [1.807, 2.05) is 0 Å². The summed E-state index contributed by atoms with van der Waals surface area (Å²) in [5, 5.41) is 17.5. The van der Waals surface area contributed by atoms with Crippen molar-refractivity contribution in [3.63, 3.8) is 0 Å². The average molecular weight is 353 g/mol. The van der Waals surface area contributed by atoms with Crippen LogP contribution in [0, 0.1) is 0 Å². The first-order valence-electron chi connectivity index (χ1n) is 7.14. The maximum atomic E-state index is 12.7. The molecule has 1 aromatic carbocycles. The highest BCUT2D eigenvalue weighted by molar-refractivity contribution is 5.58. The molecule has 3 rings (SSSR count). The van der Waals surface area contributed by atoms with Gasteiger partial charge < -0.3 is 10.1 Å². The smallest absolute Gasteiger partial charge is 0.435 e. The highest BCUT2D eigenvalue weighted by atomic mass is 19.4. The number of alkyl halides is 3. The topological polar surface area (TPSA) is 82.7 Å². The standard InChI is InChI=1S/C14H14F3N7O/c1-23-10(6-13(20-23)14(15,16)17)7-18-9-3-4-12(25-2)11(5-9)24-8-19-21-22-24/h3-6,8,18H,7H2,1-2H3. The van der Waals surface area contributed by atoms with Crippen LogP contribution in [0.2, 0.25) is 0 Å². The zero-order valence-electron chi connectivity index (χ0n) is 13.3. The quantitative estimate of drug-likeness (QED) is 0.756. The second-order valence-corrected chi connectivity index (χ2v) is 5.14. The first-order chi connectivity index (χ1) is 11.9. The molecule has 8 nitrogen and oxygen atoms in total. The number of ether oxygens (including phenoxy) is 1. The Morgan fingerprint density at radius 1 is 1.24 bits per heavy atom. The number of benzene rings is 1. The highest BCUT2D eigenvalue weighted by Crippen LogP contribution is 2.29. The van der Waals surface area contributed by atoms with Crippen molar-refractivity contribution < 1.29 is 17.9 Å². The van der Waals surface area contributed by atoms with Gasteiger partial charge in [0.1, 0.15) is 17.8 Å². The Morgan fingerprint density at radius 3 is 2.64 bits per heavy atom. The van der Waals surface area contributed by atoms with E-state index in [0.29, 0.717) is 22.8 Å². The van der Waals surface area contributed by atoms with Crippen LogP contribution in [0.4, 0.5) is 18.9 Å². The molecule has 1 N–H and O–H groups in total. The molecule has 0 unspecified atom stereocenters. The highest BCUT2D eigenvalue weighted by Gasteiger charge is 2.34. The van der Waals surface area contributed by atoms with Crippen LogP contribution >= 0.6 is 0 Å². The monoisotopic (exact) mass is 353 g/mol. The van der Waals surface area contributed by atoms with Crippen LogP contribution in [-0.4, -0.2) is 37.1 Å². The summed E-state index contributed by atoms with van der Waals surface area (Å²) in [4.78, 5) is 0. The third-order valence-corrected chi connectivity index (χ3v) is 3.52. The largest absolute Gasteiger partial charge is 0.494 e. The summed E-state index contributed by atoms with van der Waals surface area (Å²) in [5.74, 6) is 0.553. The zero-order valence-corrected chi connectivity index (χ0v) is 13.3. The minimum absolute atomic E-state index is 0.168.